The fraction of sp³-hybridized carbons (Fsp3) is 0.0556. The Morgan fingerprint density at radius 1 is 1.00 bits per heavy atom. The average Bonchev–Trinajstić information content (AvgIpc) is 2.74. The van der Waals surface area contributed by atoms with Crippen LogP contribution < -0.4 is 5.36 Å². The van der Waals surface area contributed by atoms with Gasteiger partial charge in [0, 0.05) is 36.6 Å². The summed E-state index contributed by atoms with van der Waals surface area (Å²) in [5.74, 6) is 0. The molecule has 3 nitrogen and oxygen atoms in total. The van der Waals surface area contributed by atoms with E-state index >= 15 is 0 Å². The lowest BCUT2D eigenvalue weighted by molar-refractivity contribution is -0.132. The molecule has 0 N–H and O–H groups in total. The van der Waals surface area contributed by atoms with Gasteiger partial charge in [0.2, 0.25) is 0 Å². The molecule has 0 aromatic carbocycles. The van der Waals surface area contributed by atoms with Crippen molar-refractivity contribution in [2.45, 2.75) is 6.54 Å². The average molecular weight is 274 g/mol. The number of hydrogen-bond donors (Lipinski definition) is 0. The maximum absolute atomic E-state index is 4.36. The third-order valence-corrected chi connectivity index (χ3v) is 3.26. The molecule has 1 aromatic rings. The first-order chi connectivity index (χ1) is 10.4. The largest absolute Gasteiger partial charge is 0.368 e. The molecule has 0 aliphatic heterocycles. The fourth-order valence-corrected chi connectivity index (χ4v) is 2.18. The van der Waals surface area contributed by atoms with Crippen molar-refractivity contribution in [1.82, 2.24) is 4.57 Å². The van der Waals surface area contributed by atoms with Crippen LogP contribution in [0.25, 0.3) is 11.1 Å². The van der Waals surface area contributed by atoms with Crippen molar-refractivity contribution < 1.29 is 4.79 Å². The third-order valence-electron chi connectivity index (χ3n) is 3.26. The summed E-state index contributed by atoms with van der Waals surface area (Å²) in [6.07, 6.45) is 5.80. The lowest BCUT2D eigenvalue weighted by Gasteiger charge is -1.97. The lowest BCUT2D eigenvalue weighted by atomic mass is 10.2. The van der Waals surface area contributed by atoms with Crippen molar-refractivity contribution in [3.63, 3.8) is 0 Å². The molecule has 0 bridgehead atoms. The first-order valence-electron chi connectivity index (χ1n) is 6.86. The molecule has 3 rings (SSSR count). The van der Waals surface area contributed by atoms with E-state index in [9.17, 15) is 0 Å². The number of aromatic nitrogens is 1. The van der Waals surface area contributed by atoms with Gasteiger partial charge in [-0.25, -0.2) is 0 Å². The van der Waals surface area contributed by atoms with E-state index in [2.05, 4.69) is 34.7 Å². The minimum absolute atomic E-state index is 0.793. The molecule has 0 amide bonds. The predicted molar refractivity (Wildman–Crippen MR) is 83.2 cm³/mol. The zero-order valence-corrected chi connectivity index (χ0v) is 11.7. The number of allylic oxidation sites excluding steroid dienone is 1. The number of hydrogen-bond acceptors (Lipinski definition) is 1. The normalized spacial score (nSPS) is 10.1. The summed E-state index contributed by atoms with van der Waals surface area (Å²) >= 11 is 0. The summed E-state index contributed by atoms with van der Waals surface area (Å²) in [6, 6.07) is 18.1. The summed E-state index contributed by atoms with van der Waals surface area (Å²) in [5, 5.41) is 5.20. The van der Waals surface area contributed by atoms with Gasteiger partial charge in [-0.15, -0.1) is 6.58 Å². The van der Waals surface area contributed by atoms with Gasteiger partial charge in [-0.2, -0.15) is 0 Å². The van der Waals surface area contributed by atoms with Gasteiger partial charge >= 0.3 is 5.36 Å². The van der Waals surface area contributed by atoms with Gasteiger partial charge in [0.15, 0.2) is 5.69 Å². The monoisotopic (exact) mass is 274 g/mol. The summed E-state index contributed by atoms with van der Waals surface area (Å²) in [6.45, 7) is 4.51. The van der Waals surface area contributed by atoms with Gasteiger partial charge in [0.25, 0.3) is 0 Å². The molecule has 3 heteroatoms. The molecule has 0 radical (unpaired) electrons. The van der Waals surface area contributed by atoms with Gasteiger partial charge in [-0.1, -0.05) is 42.5 Å². The highest BCUT2D eigenvalue weighted by Gasteiger charge is 2.09. The second-order valence-electron chi connectivity index (χ2n) is 4.74. The lowest BCUT2D eigenvalue weighted by Crippen LogP contribution is -2.05. The Morgan fingerprint density at radius 2 is 1.81 bits per heavy atom. The van der Waals surface area contributed by atoms with Crippen molar-refractivity contribution in [3.8, 4) is 11.1 Å². The van der Waals surface area contributed by atoms with Crippen LogP contribution in [-0.2, 0) is 6.54 Å². The highest BCUT2D eigenvalue weighted by molar-refractivity contribution is 5.78. The molecule has 2 aliphatic rings. The van der Waals surface area contributed by atoms with E-state index in [1.165, 1.54) is 5.56 Å². The Bertz CT molecular complexity index is 818. The molecule has 1 heterocycles. The van der Waals surface area contributed by atoms with Crippen LogP contribution in [0, 0.1) is 0 Å². The van der Waals surface area contributed by atoms with Crippen molar-refractivity contribution in [2.24, 2.45) is 5.11 Å². The zero-order valence-electron chi connectivity index (χ0n) is 11.7. The molecule has 0 saturated carbocycles. The topological polar surface area (TPSA) is 31.4 Å². The molecular weight excluding hydrogens is 258 g/mol. The Hall–Kier alpha value is -2.90. The first-order valence-corrected chi connectivity index (χ1v) is 6.86. The van der Waals surface area contributed by atoms with E-state index in [1.807, 2.05) is 59.4 Å². The SMILES string of the molecule is C=CCn1ccc(=[N+]=Nc2ccc3cccccc2-3)cc1. The van der Waals surface area contributed by atoms with E-state index in [1.54, 1.807) is 0 Å². The predicted octanol–water partition coefficient (Wildman–Crippen LogP) is 3.67. The summed E-state index contributed by atoms with van der Waals surface area (Å²) in [5.41, 5.74) is 3.18. The smallest absolute Gasteiger partial charge is 0.350 e. The second-order valence-corrected chi connectivity index (χ2v) is 4.74. The molecule has 0 saturated heterocycles. The molecule has 0 fully saturated rings. The Balaban J connectivity index is 1.98. The van der Waals surface area contributed by atoms with Gasteiger partial charge < -0.3 is 4.57 Å². The van der Waals surface area contributed by atoms with Crippen LogP contribution in [0.1, 0.15) is 0 Å². The Kier molecular flexibility index (Phi) is 3.77. The summed E-state index contributed by atoms with van der Waals surface area (Å²) in [4.78, 5) is 4.31. The highest BCUT2D eigenvalue weighted by Crippen LogP contribution is 2.32. The van der Waals surface area contributed by atoms with Crippen LogP contribution in [0.2, 0.25) is 0 Å². The van der Waals surface area contributed by atoms with Gasteiger partial charge in [0.1, 0.15) is 5.11 Å². The molecule has 0 spiro atoms. The molecule has 2 aliphatic carbocycles. The van der Waals surface area contributed by atoms with Crippen molar-refractivity contribution in [2.75, 3.05) is 0 Å². The Labute approximate surface area is 123 Å². The van der Waals surface area contributed by atoms with Gasteiger partial charge in [0.05, 0.1) is 4.79 Å². The van der Waals surface area contributed by atoms with Crippen LogP contribution >= 0.6 is 0 Å². The third kappa shape index (κ3) is 2.99. The van der Waals surface area contributed by atoms with Gasteiger partial charge in [-0.3, -0.25) is 0 Å². The molecule has 0 unspecified atom stereocenters. The van der Waals surface area contributed by atoms with Crippen LogP contribution in [0.5, 0.6) is 0 Å². The van der Waals surface area contributed by atoms with Crippen molar-refractivity contribution in [3.05, 3.63) is 85.0 Å². The highest BCUT2D eigenvalue weighted by atomic mass is 15.0. The van der Waals surface area contributed by atoms with Gasteiger partial charge in [-0.05, 0) is 11.6 Å². The van der Waals surface area contributed by atoms with Crippen LogP contribution in [0.3, 0.4) is 0 Å². The number of pyridine rings is 1. The van der Waals surface area contributed by atoms with Crippen molar-refractivity contribution >= 4 is 5.69 Å². The molecule has 102 valence electrons. The first kappa shape index (κ1) is 13.1. The van der Waals surface area contributed by atoms with E-state index in [-0.39, 0.29) is 0 Å². The standard InChI is InChI=1S/C18H16N3/c1-2-12-21-13-10-16(11-14-21)19-20-18-9-8-15-6-4-3-5-7-17(15)18/h2-11,13-14H,1,12H2/q+1. The summed E-state index contributed by atoms with van der Waals surface area (Å²) < 4.78 is 2.03. The number of nitrogens with zero attached hydrogens (tertiary/aromatic N) is 3. The maximum Gasteiger partial charge on any atom is 0.368 e. The second kappa shape index (κ2) is 6.04. The van der Waals surface area contributed by atoms with Crippen LogP contribution in [0.15, 0.2) is 84.8 Å². The number of fused-ring (bicyclic) bond motifs is 1. The quantitative estimate of drug-likeness (QED) is 0.396. The van der Waals surface area contributed by atoms with Crippen LogP contribution in [0.4, 0.5) is 5.69 Å². The molecule has 1 aromatic heterocycles. The zero-order chi connectivity index (χ0) is 14.5. The maximum atomic E-state index is 4.36. The fourth-order valence-electron chi connectivity index (χ4n) is 2.18. The summed E-state index contributed by atoms with van der Waals surface area (Å²) in [7, 11) is 0. The molecular formula is C18H16N3+. The number of rotatable bonds is 3. The minimum atomic E-state index is 0.793. The Morgan fingerprint density at radius 3 is 2.62 bits per heavy atom. The minimum Gasteiger partial charge on any atom is -0.350 e. The van der Waals surface area contributed by atoms with Crippen molar-refractivity contribution in [1.29, 1.82) is 0 Å². The van der Waals surface area contributed by atoms with E-state index in [0.717, 1.165) is 23.2 Å². The van der Waals surface area contributed by atoms with E-state index in [4.69, 9.17) is 0 Å². The molecule has 21 heavy (non-hydrogen) atoms. The molecule has 0 atom stereocenters. The van der Waals surface area contributed by atoms with E-state index in [0.29, 0.717) is 0 Å². The van der Waals surface area contributed by atoms with Crippen LogP contribution in [-0.4, -0.2) is 9.36 Å². The van der Waals surface area contributed by atoms with E-state index < -0.39 is 0 Å².